The third kappa shape index (κ3) is 5.50. The van der Waals surface area contributed by atoms with Crippen molar-refractivity contribution in [2.24, 2.45) is 10.9 Å². The van der Waals surface area contributed by atoms with Gasteiger partial charge in [0.05, 0.1) is 17.6 Å². The molecule has 0 saturated heterocycles. The van der Waals surface area contributed by atoms with E-state index in [9.17, 15) is 0 Å². The zero-order chi connectivity index (χ0) is 19.9. The van der Waals surface area contributed by atoms with E-state index in [0.29, 0.717) is 6.54 Å². The Bertz CT molecular complexity index is 928. The lowest BCUT2D eigenvalue weighted by molar-refractivity contribution is 0.296. The summed E-state index contributed by atoms with van der Waals surface area (Å²) in [5.74, 6) is 3.54. The maximum absolute atomic E-state index is 5.99. The van der Waals surface area contributed by atoms with Gasteiger partial charge in [0.1, 0.15) is 11.6 Å². The molecule has 4 rings (SSSR count). The van der Waals surface area contributed by atoms with Crippen LogP contribution in [0.1, 0.15) is 30.7 Å². The normalized spacial score (nSPS) is 14.2. The number of nitrogens with zero attached hydrogens (tertiary/aromatic N) is 2. The van der Waals surface area contributed by atoms with Crippen molar-refractivity contribution in [1.29, 1.82) is 0 Å². The lowest BCUT2D eigenvalue weighted by Gasteiger charge is -2.14. The van der Waals surface area contributed by atoms with E-state index in [2.05, 4.69) is 37.7 Å². The van der Waals surface area contributed by atoms with Crippen molar-refractivity contribution in [3.8, 4) is 5.75 Å². The van der Waals surface area contributed by atoms with Gasteiger partial charge in [0.15, 0.2) is 5.96 Å². The van der Waals surface area contributed by atoms with E-state index in [-0.39, 0.29) is 0 Å². The number of guanidine groups is 1. The number of aliphatic imine (C=N–C) groups is 1. The van der Waals surface area contributed by atoms with Crippen LogP contribution in [0, 0.1) is 5.92 Å². The molecule has 0 spiro atoms. The number of nitrogens with one attached hydrogen (secondary N) is 3. The average Bonchev–Trinajstić information content (AvgIpc) is 3.49. The Kier molecular flexibility index (Phi) is 6.29. The van der Waals surface area contributed by atoms with Crippen LogP contribution < -0.4 is 15.4 Å². The van der Waals surface area contributed by atoms with Crippen LogP contribution in [0.5, 0.6) is 5.75 Å². The number of imidazole rings is 1. The Morgan fingerprint density at radius 3 is 2.79 bits per heavy atom. The quantitative estimate of drug-likeness (QED) is 0.296. The fraction of sp³-hybridized carbons (Fsp3) is 0.391. The minimum atomic E-state index is 0.685. The largest absolute Gasteiger partial charge is 0.493 e. The zero-order valence-corrected chi connectivity index (χ0v) is 16.9. The lowest BCUT2D eigenvalue weighted by Crippen LogP contribution is -2.37. The lowest BCUT2D eigenvalue weighted by atomic mass is 10.2. The molecule has 6 heteroatoms. The number of aryl methyl sites for hydroxylation is 1. The smallest absolute Gasteiger partial charge is 0.191 e. The van der Waals surface area contributed by atoms with Crippen molar-refractivity contribution in [3.63, 3.8) is 0 Å². The van der Waals surface area contributed by atoms with Gasteiger partial charge in [-0.3, -0.25) is 4.99 Å². The van der Waals surface area contributed by atoms with Gasteiger partial charge in [-0.2, -0.15) is 0 Å². The van der Waals surface area contributed by atoms with E-state index in [1.54, 1.807) is 7.05 Å². The first kappa shape index (κ1) is 19.3. The maximum atomic E-state index is 5.99. The molecule has 0 atom stereocenters. The van der Waals surface area contributed by atoms with Crippen molar-refractivity contribution in [2.75, 3.05) is 20.2 Å². The number of aromatic amines is 1. The van der Waals surface area contributed by atoms with Crippen LogP contribution in [0.25, 0.3) is 11.0 Å². The molecule has 0 bridgehead atoms. The summed E-state index contributed by atoms with van der Waals surface area (Å²) >= 11 is 0. The minimum Gasteiger partial charge on any atom is -0.493 e. The fourth-order valence-electron chi connectivity index (χ4n) is 3.27. The van der Waals surface area contributed by atoms with Gasteiger partial charge in [0.2, 0.25) is 0 Å². The van der Waals surface area contributed by atoms with Gasteiger partial charge < -0.3 is 20.4 Å². The Morgan fingerprint density at radius 2 is 1.97 bits per heavy atom. The fourth-order valence-corrected chi connectivity index (χ4v) is 3.27. The van der Waals surface area contributed by atoms with E-state index >= 15 is 0 Å². The first-order valence-corrected chi connectivity index (χ1v) is 10.4. The van der Waals surface area contributed by atoms with Gasteiger partial charge in [-0.25, -0.2) is 4.98 Å². The van der Waals surface area contributed by atoms with Crippen molar-refractivity contribution in [1.82, 2.24) is 20.6 Å². The number of fused-ring (bicyclic) bond motifs is 1. The first-order valence-electron chi connectivity index (χ1n) is 10.4. The Morgan fingerprint density at radius 1 is 1.14 bits per heavy atom. The monoisotopic (exact) mass is 391 g/mol. The molecule has 0 unspecified atom stereocenters. The van der Waals surface area contributed by atoms with Crippen LogP contribution in [0.3, 0.4) is 0 Å². The number of hydrogen-bond donors (Lipinski definition) is 3. The number of aromatic nitrogens is 2. The number of rotatable bonds is 9. The molecule has 3 aromatic rings. The molecule has 0 aliphatic heterocycles. The highest BCUT2D eigenvalue weighted by atomic mass is 16.5. The molecule has 3 N–H and O–H groups in total. The molecule has 6 nitrogen and oxygen atoms in total. The Hall–Kier alpha value is -3.02. The van der Waals surface area contributed by atoms with E-state index in [1.165, 1.54) is 12.8 Å². The number of para-hydroxylation sites is 3. The first-order chi connectivity index (χ1) is 14.3. The van der Waals surface area contributed by atoms with Gasteiger partial charge in [-0.15, -0.1) is 0 Å². The molecular weight excluding hydrogens is 362 g/mol. The van der Waals surface area contributed by atoms with Crippen molar-refractivity contribution < 1.29 is 4.74 Å². The second-order valence-corrected chi connectivity index (χ2v) is 7.52. The summed E-state index contributed by atoms with van der Waals surface area (Å²) in [6.45, 7) is 2.34. The van der Waals surface area contributed by atoms with E-state index in [4.69, 9.17) is 4.74 Å². The minimum absolute atomic E-state index is 0.685. The summed E-state index contributed by atoms with van der Waals surface area (Å²) in [5.41, 5.74) is 3.27. The number of H-pyrrole nitrogens is 1. The molecule has 1 aliphatic rings. The van der Waals surface area contributed by atoms with Crippen molar-refractivity contribution >= 4 is 17.0 Å². The average molecular weight is 392 g/mol. The van der Waals surface area contributed by atoms with Crippen LogP contribution in [-0.2, 0) is 13.0 Å². The molecular formula is C23H29N5O. The summed E-state index contributed by atoms with van der Waals surface area (Å²) in [6.07, 6.45) is 4.47. The Labute approximate surface area is 171 Å². The molecule has 1 saturated carbocycles. The topological polar surface area (TPSA) is 74.3 Å². The van der Waals surface area contributed by atoms with Crippen LogP contribution in [0.4, 0.5) is 0 Å². The number of ether oxygens (including phenoxy) is 1. The van der Waals surface area contributed by atoms with Gasteiger partial charge in [-0.05, 0) is 43.4 Å². The van der Waals surface area contributed by atoms with E-state index in [1.807, 2.05) is 36.4 Å². The molecule has 1 fully saturated rings. The van der Waals surface area contributed by atoms with Crippen LogP contribution in [0.2, 0.25) is 0 Å². The highest BCUT2D eigenvalue weighted by molar-refractivity contribution is 5.79. The second-order valence-electron chi connectivity index (χ2n) is 7.52. The summed E-state index contributed by atoms with van der Waals surface area (Å²) in [6, 6.07) is 16.3. The van der Waals surface area contributed by atoms with E-state index < -0.39 is 0 Å². The summed E-state index contributed by atoms with van der Waals surface area (Å²) in [4.78, 5) is 12.3. The molecule has 1 heterocycles. The van der Waals surface area contributed by atoms with E-state index in [0.717, 1.165) is 66.0 Å². The summed E-state index contributed by atoms with van der Waals surface area (Å²) in [5, 5.41) is 6.76. The van der Waals surface area contributed by atoms with Gasteiger partial charge in [0.25, 0.3) is 0 Å². The highest BCUT2D eigenvalue weighted by Crippen LogP contribution is 2.30. The van der Waals surface area contributed by atoms with Gasteiger partial charge >= 0.3 is 0 Å². The molecule has 0 amide bonds. The molecule has 2 aromatic carbocycles. The maximum Gasteiger partial charge on any atom is 0.191 e. The molecule has 152 valence electrons. The van der Waals surface area contributed by atoms with Crippen LogP contribution in [-0.4, -0.2) is 36.1 Å². The van der Waals surface area contributed by atoms with Crippen LogP contribution >= 0.6 is 0 Å². The zero-order valence-electron chi connectivity index (χ0n) is 16.9. The van der Waals surface area contributed by atoms with Gasteiger partial charge in [-0.1, -0.05) is 30.3 Å². The summed E-state index contributed by atoms with van der Waals surface area (Å²) < 4.78 is 5.99. The van der Waals surface area contributed by atoms with Gasteiger partial charge in [0, 0.05) is 32.1 Å². The molecule has 29 heavy (non-hydrogen) atoms. The molecule has 0 radical (unpaired) electrons. The predicted molar refractivity (Wildman–Crippen MR) is 117 cm³/mol. The SMILES string of the molecule is CN=C(NCCCc1nc2ccccc2[nH]1)NCc1ccccc1OCC1CC1. The van der Waals surface area contributed by atoms with Crippen LogP contribution in [0.15, 0.2) is 53.5 Å². The van der Waals surface area contributed by atoms with Crippen molar-refractivity contribution in [2.45, 2.75) is 32.2 Å². The molecule has 1 aromatic heterocycles. The third-order valence-corrected chi connectivity index (χ3v) is 5.14. The Balaban J connectivity index is 1.21. The van der Waals surface area contributed by atoms with Crippen molar-refractivity contribution in [3.05, 3.63) is 59.9 Å². The summed E-state index contributed by atoms with van der Waals surface area (Å²) in [7, 11) is 1.80. The number of benzene rings is 2. The second kappa shape index (κ2) is 9.45. The third-order valence-electron chi connectivity index (χ3n) is 5.14. The highest BCUT2D eigenvalue weighted by Gasteiger charge is 2.22. The predicted octanol–water partition coefficient (Wildman–Crippen LogP) is 3.65. The number of hydrogen-bond acceptors (Lipinski definition) is 3. The standard InChI is InChI=1S/C23H29N5O/c1-24-23(25-14-6-11-22-27-19-8-3-4-9-20(19)28-22)26-15-18-7-2-5-10-21(18)29-16-17-12-13-17/h2-5,7-10,17H,6,11-16H2,1H3,(H,27,28)(H2,24,25,26). The molecule has 1 aliphatic carbocycles.